The number of alkyl halides is 2. The van der Waals surface area contributed by atoms with Gasteiger partial charge in [-0.05, 0) is 73.2 Å². The molecule has 0 spiro atoms. The first-order chi connectivity index (χ1) is 20.8. The van der Waals surface area contributed by atoms with Gasteiger partial charge in [-0.3, -0.25) is 9.88 Å². The van der Waals surface area contributed by atoms with Crippen molar-refractivity contribution in [3.05, 3.63) is 47.7 Å². The van der Waals surface area contributed by atoms with Gasteiger partial charge in [0.15, 0.2) is 5.82 Å². The maximum atomic E-state index is 16.6. The van der Waals surface area contributed by atoms with Crippen molar-refractivity contribution in [3.8, 4) is 23.0 Å². The number of phenolic OH excluding ortho intramolecular Hbond substituents is 1. The van der Waals surface area contributed by atoms with Gasteiger partial charge in [-0.15, -0.1) is 0 Å². The average molecular weight is 596 g/mol. The third-order valence-electron chi connectivity index (χ3n) is 9.36. The van der Waals surface area contributed by atoms with E-state index in [4.69, 9.17) is 4.74 Å². The van der Waals surface area contributed by atoms with Crippen molar-refractivity contribution in [1.29, 1.82) is 0 Å². The summed E-state index contributed by atoms with van der Waals surface area (Å²) in [6.07, 6.45) is 2.69. The Kier molecular flexibility index (Phi) is 7.03. The second-order valence-electron chi connectivity index (χ2n) is 12.0. The van der Waals surface area contributed by atoms with Crippen LogP contribution in [-0.2, 0) is 6.42 Å². The molecule has 11 heteroatoms. The van der Waals surface area contributed by atoms with Gasteiger partial charge >= 0.3 is 6.01 Å². The number of benzene rings is 2. The Labute approximate surface area is 246 Å². The summed E-state index contributed by atoms with van der Waals surface area (Å²) >= 11 is 0. The lowest BCUT2D eigenvalue weighted by atomic mass is 9.94. The lowest BCUT2D eigenvalue weighted by Gasteiger charge is -2.32. The van der Waals surface area contributed by atoms with Crippen molar-refractivity contribution < 1.29 is 27.4 Å². The standard InChI is InChI=1S/C32H33F4N5O2/c1-2-22-25(35)5-4-18-12-21(42)13-23(26(18)22)28-27(36)29-24(15-37-28)30(40-10-6-19(33)7-11-40)39-31(38-29)43-17-32-8-3-9-41(32)16-20(34)14-32/h4-5,12-13,15,19-20,42H,2-3,6-11,14,16-17H2,1H3/t20-,32+/m1/s1. The SMILES string of the molecule is CCc1c(F)ccc2cc(O)cc(-c3ncc4c(N5CCC(F)CC5)nc(OC[C@@]56CCCN5C[C@H](F)C6)nc4c3F)c12. The minimum atomic E-state index is -0.931. The lowest BCUT2D eigenvalue weighted by Crippen LogP contribution is -2.43. The van der Waals surface area contributed by atoms with Gasteiger partial charge < -0.3 is 14.7 Å². The number of phenols is 1. The molecule has 4 aromatic rings. The molecule has 3 fully saturated rings. The molecule has 2 aromatic carbocycles. The lowest BCUT2D eigenvalue weighted by molar-refractivity contribution is 0.107. The number of anilines is 1. The van der Waals surface area contributed by atoms with Gasteiger partial charge in [0.05, 0.1) is 10.9 Å². The van der Waals surface area contributed by atoms with E-state index in [1.54, 1.807) is 6.07 Å². The summed E-state index contributed by atoms with van der Waals surface area (Å²) in [5.74, 6) is -0.916. The highest BCUT2D eigenvalue weighted by Crippen LogP contribution is 2.42. The van der Waals surface area contributed by atoms with Crippen LogP contribution >= 0.6 is 0 Å². The van der Waals surface area contributed by atoms with E-state index in [0.29, 0.717) is 72.9 Å². The molecule has 2 atom stereocenters. The monoisotopic (exact) mass is 595 g/mol. The summed E-state index contributed by atoms with van der Waals surface area (Å²) < 4.78 is 66.0. The van der Waals surface area contributed by atoms with E-state index in [2.05, 4.69) is 19.9 Å². The summed E-state index contributed by atoms with van der Waals surface area (Å²) in [6.45, 7) is 3.91. The van der Waals surface area contributed by atoms with Crippen molar-refractivity contribution in [2.45, 2.75) is 63.3 Å². The topological polar surface area (TPSA) is 74.6 Å². The zero-order chi connectivity index (χ0) is 29.9. The summed E-state index contributed by atoms with van der Waals surface area (Å²) in [4.78, 5) is 17.6. The third-order valence-corrected chi connectivity index (χ3v) is 9.36. The molecule has 1 N–H and O–H groups in total. The van der Waals surface area contributed by atoms with Gasteiger partial charge in [-0.2, -0.15) is 9.97 Å². The van der Waals surface area contributed by atoms with Crippen LogP contribution in [0.3, 0.4) is 0 Å². The largest absolute Gasteiger partial charge is 0.508 e. The van der Waals surface area contributed by atoms with Crippen molar-refractivity contribution in [1.82, 2.24) is 19.9 Å². The fourth-order valence-electron chi connectivity index (χ4n) is 7.25. The van der Waals surface area contributed by atoms with Crippen LogP contribution in [0.4, 0.5) is 23.4 Å². The summed E-state index contributed by atoms with van der Waals surface area (Å²) in [5.41, 5.74) is 0.0378. The highest BCUT2D eigenvalue weighted by molar-refractivity contribution is 6.01. The Bertz CT molecular complexity index is 1710. The quantitative estimate of drug-likeness (QED) is 0.263. The number of hydrogen-bond donors (Lipinski definition) is 1. The van der Waals surface area contributed by atoms with Crippen LogP contribution in [0.2, 0.25) is 0 Å². The predicted octanol–water partition coefficient (Wildman–Crippen LogP) is 6.28. The van der Waals surface area contributed by atoms with E-state index in [1.165, 1.54) is 24.4 Å². The van der Waals surface area contributed by atoms with Crippen molar-refractivity contribution in [2.24, 2.45) is 0 Å². The van der Waals surface area contributed by atoms with Gasteiger partial charge in [0, 0.05) is 37.8 Å². The molecule has 2 aromatic heterocycles. The maximum Gasteiger partial charge on any atom is 0.319 e. The summed E-state index contributed by atoms with van der Waals surface area (Å²) in [7, 11) is 0. The molecule has 7 nitrogen and oxygen atoms in total. The molecule has 0 amide bonds. The van der Waals surface area contributed by atoms with Crippen LogP contribution in [0.15, 0.2) is 30.5 Å². The summed E-state index contributed by atoms with van der Waals surface area (Å²) in [5, 5.41) is 11.9. The first kappa shape index (κ1) is 28.1. The van der Waals surface area contributed by atoms with Gasteiger partial charge in [-0.25, -0.2) is 17.6 Å². The van der Waals surface area contributed by atoms with Crippen LogP contribution in [-0.4, -0.2) is 75.6 Å². The normalized spacial score (nSPS) is 23.0. The number of rotatable bonds is 6. The Morgan fingerprint density at radius 2 is 1.88 bits per heavy atom. The molecule has 3 aliphatic rings. The van der Waals surface area contributed by atoms with Crippen LogP contribution in [0, 0.1) is 11.6 Å². The molecule has 3 saturated heterocycles. The average Bonchev–Trinajstić information content (AvgIpc) is 3.52. The Hall–Kier alpha value is -3.73. The van der Waals surface area contributed by atoms with Gasteiger partial charge in [0.25, 0.3) is 0 Å². The zero-order valence-electron chi connectivity index (χ0n) is 23.9. The second kappa shape index (κ2) is 10.8. The molecular weight excluding hydrogens is 562 g/mol. The van der Waals surface area contributed by atoms with E-state index in [9.17, 15) is 18.3 Å². The summed E-state index contributed by atoms with van der Waals surface area (Å²) in [6, 6.07) is 5.71. The van der Waals surface area contributed by atoms with E-state index in [0.717, 1.165) is 19.4 Å². The number of hydrogen-bond acceptors (Lipinski definition) is 7. The van der Waals surface area contributed by atoms with Gasteiger partial charge in [0.1, 0.15) is 47.5 Å². The number of aromatic hydroxyl groups is 1. The number of fused-ring (bicyclic) bond motifs is 3. The van der Waals surface area contributed by atoms with E-state index in [-0.39, 0.29) is 35.1 Å². The molecular formula is C32H33F4N5O2. The minimum Gasteiger partial charge on any atom is -0.508 e. The fraction of sp³-hybridized carbons (Fsp3) is 0.469. The number of pyridine rings is 1. The first-order valence-corrected chi connectivity index (χ1v) is 15.0. The van der Waals surface area contributed by atoms with E-state index in [1.807, 2.05) is 11.8 Å². The molecule has 0 aliphatic carbocycles. The highest BCUT2D eigenvalue weighted by atomic mass is 19.1. The zero-order valence-corrected chi connectivity index (χ0v) is 23.9. The van der Waals surface area contributed by atoms with E-state index >= 15 is 4.39 Å². The number of nitrogens with zero attached hydrogens (tertiary/aromatic N) is 5. The number of halogens is 4. The molecule has 43 heavy (non-hydrogen) atoms. The van der Waals surface area contributed by atoms with Gasteiger partial charge in [0.2, 0.25) is 0 Å². The van der Waals surface area contributed by atoms with Crippen molar-refractivity contribution in [3.63, 3.8) is 0 Å². The van der Waals surface area contributed by atoms with Crippen LogP contribution in [0.1, 0.15) is 44.6 Å². The number of aryl methyl sites for hydroxylation is 1. The van der Waals surface area contributed by atoms with Crippen molar-refractivity contribution >= 4 is 27.5 Å². The molecule has 226 valence electrons. The van der Waals surface area contributed by atoms with Crippen molar-refractivity contribution in [2.75, 3.05) is 37.7 Å². The molecule has 0 bridgehead atoms. The van der Waals surface area contributed by atoms with E-state index < -0.39 is 29.5 Å². The number of piperidine rings is 1. The smallest absolute Gasteiger partial charge is 0.319 e. The highest BCUT2D eigenvalue weighted by Gasteiger charge is 2.49. The van der Waals surface area contributed by atoms with Crippen LogP contribution < -0.4 is 9.64 Å². The number of ether oxygens (including phenoxy) is 1. The maximum absolute atomic E-state index is 16.6. The predicted molar refractivity (Wildman–Crippen MR) is 156 cm³/mol. The Morgan fingerprint density at radius 3 is 2.67 bits per heavy atom. The Balaban J connectivity index is 1.37. The van der Waals surface area contributed by atoms with Gasteiger partial charge in [-0.1, -0.05) is 13.0 Å². The van der Waals surface area contributed by atoms with Crippen LogP contribution in [0.5, 0.6) is 11.8 Å². The molecule has 7 rings (SSSR count). The molecule has 0 radical (unpaired) electrons. The molecule has 0 unspecified atom stereocenters. The Morgan fingerprint density at radius 1 is 1.07 bits per heavy atom. The fourth-order valence-corrected chi connectivity index (χ4v) is 7.25. The molecule has 0 saturated carbocycles. The third kappa shape index (κ3) is 4.81. The minimum absolute atomic E-state index is 0.0473. The number of aromatic nitrogens is 3. The first-order valence-electron chi connectivity index (χ1n) is 15.0. The molecule has 5 heterocycles. The molecule has 3 aliphatic heterocycles. The second-order valence-corrected chi connectivity index (χ2v) is 12.0. The van der Waals surface area contributed by atoms with Crippen LogP contribution in [0.25, 0.3) is 32.9 Å².